The second-order valence-electron chi connectivity index (χ2n) is 10.1. The lowest BCUT2D eigenvalue weighted by molar-refractivity contribution is -0.136. The zero-order chi connectivity index (χ0) is 27.6. The number of fused-ring (bicyclic) bond motifs is 1. The molecule has 2 aliphatic rings. The monoisotopic (exact) mass is 551 g/mol. The predicted molar refractivity (Wildman–Crippen MR) is 147 cm³/mol. The molecule has 1 amide bonds. The molecule has 1 atom stereocenters. The van der Waals surface area contributed by atoms with E-state index in [9.17, 15) is 13.2 Å². The minimum Gasteiger partial charge on any atom is -0.486 e. The highest BCUT2D eigenvalue weighted by atomic mass is 32.2. The van der Waals surface area contributed by atoms with E-state index in [2.05, 4.69) is 5.16 Å². The Morgan fingerprint density at radius 1 is 1.05 bits per heavy atom. The molecular formula is C29H33N3O6S. The fourth-order valence-corrected chi connectivity index (χ4v) is 6.70. The number of piperidine rings is 1. The maximum absolute atomic E-state index is 13.6. The molecule has 0 saturated carbocycles. The highest BCUT2D eigenvalue weighted by molar-refractivity contribution is 7.89. The number of amides is 1. The molecule has 5 rings (SSSR count). The SMILES string of the molecule is Cc1ccc(C=Cc2onc(C)c2S(=O)(=O)N2CCC(C(=O)N(C)CC3COc4ccccc4O3)CC2)cc1. The van der Waals surface area contributed by atoms with E-state index < -0.39 is 10.0 Å². The third-order valence-electron chi connectivity index (χ3n) is 7.16. The number of rotatable bonds is 7. The predicted octanol–water partition coefficient (Wildman–Crippen LogP) is 4.16. The standard InChI is InChI=1S/C29H33N3O6S/c1-20-8-10-22(11-9-20)12-13-27-28(21(2)30-38-27)39(34,35)32-16-14-23(15-17-32)29(33)31(3)18-24-19-36-25-6-4-5-7-26(25)37-24/h4-13,23-24H,14-19H2,1-3H3. The summed E-state index contributed by atoms with van der Waals surface area (Å²) in [6, 6.07) is 15.3. The van der Waals surface area contributed by atoms with E-state index in [4.69, 9.17) is 14.0 Å². The van der Waals surface area contributed by atoms with Crippen molar-refractivity contribution in [1.82, 2.24) is 14.4 Å². The smallest absolute Gasteiger partial charge is 0.248 e. The number of aromatic nitrogens is 1. The van der Waals surface area contributed by atoms with Crippen LogP contribution in [0.15, 0.2) is 57.9 Å². The van der Waals surface area contributed by atoms with Crippen LogP contribution in [0.2, 0.25) is 0 Å². The molecule has 3 aromatic rings. The Morgan fingerprint density at radius 3 is 2.46 bits per heavy atom. The molecule has 0 bridgehead atoms. The van der Waals surface area contributed by atoms with Crippen LogP contribution in [0.25, 0.3) is 12.2 Å². The maximum atomic E-state index is 13.6. The molecule has 9 nitrogen and oxygen atoms in total. The summed E-state index contributed by atoms with van der Waals surface area (Å²) >= 11 is 0. The summed E-state index contributed by atoms with van der Waals surface area (Å²) in [6.07, 6.45) is 4.05. The molecular weight excluding hydrogens is 518 g/mol. The van der Waals surface area contributed by atoms with Crippen LogP contribution in [0.5, 0.6) is 11.5 Å². The molecule has 39 heavy (non-hydrogen) atoms. The number of aryl methyl sites for hydroxylation is 2. The molecule has 2 aromatic carbocycles. The first-order chi connectivity index (χ1) is 18.7. The van der Waals surface area contributed by atoms with Crippen LogP contribution in [-0.2, 0) is 14.8 Å². The minimum absolute atomic E-state index is 0.0163. The molecule has 3 heterocycles. The Kier molecular flexibility index (Phi) is 7.76. The summed E-state index contributed by atoms with van der Waals surface area (Å²) in [4.78, 5) is 14.9. The van der Waals surface area contributed by atoms with E-state index in [1.807, 2.05) is 55.5 Å². The van der Waals surface area contributed by atoms with Crippen molar-refractivity contribution in [3.8, 4) is 11.5 Å². The summed E-state index contributed by atoms with van der Waals surface area (Å²) in [6.45, 7) is 4.88. The highest BCUT2D eigenvalue weighted by Crippen LogP contribution is 2.32. The van der Waals surface area contributed by atoms with Crippen LogP contribution in [0.1, 0.15) is 35.4 Å². The average molecular weight is 552 g/mol. The van der Waals surface area contributed by atoms with E-state index in [1.165, 1.54) is 4.31 Å². The number of carbonyl (C=O) groups is 1. The molecule has 1 unspecified atom stereocenters. The molecule has 0 N–H and O–H groups in total. The normalized spacial score (nSPS) is 18.4. The zero-order valence-electron chi connectivity index (χ0n) is 22.4. The molecule has 0 radical (unpaired) electrons. The zero-order valence-corrected chi connectivity index (χ0v) is 23.2. The van der Waals surface area contributed by atoms with E-state index >= 15 is 0 Å². The van der Waals surface area contributed by atoms with Gasteiger partial charge in [-0.15, -0.1) is 0 Å². The van der Waals surface area contributed by atoms with Gasteiger partial charge in [0, 0.05) is 26.1 Å². The first-order valence-electron chi connectivity index (χ1n) is 13.1. The van der Waals surface area contributed by atoms with E-state index in [0.717, 1.165) is 11.1 Å². The largest absolute Gasteiger partial charge is 0.486 e. The number of sulfonamides is 1. The van der Waals surface area contributed by atoms with Crippen molar-refractivity contribution >= 4 is 28.1 Å². The quantitative estimate of drug-likeness (QED) is 0.435. The Bertz CT molecular complexity index is 1460. The van der Waals surface area contributed by atoms with Crippen molar-refractivity contribution in [2.75, 3.05) is 33.3 Å². The summed E-state index contributed by atoms with van der Waals surface area (Å²) < 4.78 is 45.7. The lowest BCUT2D eigenvalue weighted by Gasteiger charge is -2.34. The molecule has 1 aromatic heterocycles. The number of para-hydroxylation sites is 2. The number of ether oxygens (including phenoxy) is 2. The lowest BCUT2D eigenvalue weighted by atomic mass is 9.96. The van der Waals surface area contributed by atoms with Crippen LogP contribution in [0.4, 0.5) is 0 Å². The number of likely N-dealkylation sites (N-methyl/N-ethyl adjacent to an activating group) is 1. The van der Waals surface area contributed by atoms with Crippen LogP contribution in [0, 0.1) is 19.8 Å². The van der Waals surface area contributed by atoms with Crippen molar-refractivity contribution in [2.24, 2.45) is 5.92 Å². The minimum atomic E-state index is -3.85. The van der Waals surface area contributed by atoms with Gasteiger partial charge in [-0.05, 0) is 50.5 Å². The van der Waals surface area contributed by atoms with Gasteiger partial charge in [-0.25, -0.2) is 8.42 Å². The Morgan fingerprint density at radius 2 is 1.74 bits per heavy atom. The molecule has 2 aliphatic heterocycles. The Hall–Kier alpha value is -3.63. The number of carbonyl (C=O) groups excluding carboxylic acids is 1. The van der Waals surface area contributed by atoms with E-state index in [-0.39, 0.29) is 41.7 Å². The number of hydrogen-bond acceptors (Lipinski definition) is 7. The molecule has 10 heteroatoms. The van der Waals surface area contributed by atoms with Gasteiger partial charge in [0.15, 0.2) is 28.3 Å². The Labute approximate surface area is 229 Å². The summed E-state index contributed by atoms with van der Waals surface area (Å²) in [5.74, 6) is 1.29. The third-order valence-corrected chi connectivity index (χ3v) is 9.22. The fourth-order valence-electron chi connectivity index (χ4n) is 4.98. The van der Waals surface area contributed by atoms with Crippen molar-refractivity contribution < 1.29 is 27.2 Å². The molecule has 0 spiro atoms. The van der Waals surface area contributed by atoms with Gasteiger partial charge in [-0.3, -0.25) is 4.79 Å². The van der Waals surface area contributed by atoms with Gasteiger partial charge in [0.2, 0.25) is 15.9 Å². The highest BCUT2D eigenvalue weighted by Gasteiger charge is 2.37. The van der Waals surface area contributed by atoms with Crippen LogP contribution in [0.3, 0.4) is 0 Å². The third kappa shape index (κ3) is 5.86. The van der Waals surface area contributed by atoms with Gasteiger partial charge in [-0.1, -0.05) is 53.2 Å². The van der Waals surface area contributed by atoms with Crippen molar-refractivity contribution in [3.63, 3.8) is 0 Å². The van der Waals surface area contributed by atoms with Gasteiger partial charge < -0.3 is 18.9 Å². The van der Waals surface area contributed by atoms with Crippen LogP contribution < -0.4 is 9.47 Å². The van der Waals surface area contributed by atoms with Crippen molar-refractivity contribution in [1.29, 1.82) is 0 Å². The van der Waals surface area contributed by atoms with Gasteiger partial charge in [0.25, 0.3) is 0 Å². The van der Waals surface area contributed by atoms with Crippen molar-refractivity contribution in [3.05, 3.63) is 71.1 Å². The summed E-state index contributed by atoms with van der Waals surface area (Å²) in [5.41, 5.74) is 2.38. The van der Waals surface area contributed by atoms with Gasteiger partial charge in [0.1, 0.15) is 12.3 Å². The maximum Gasteiger partial charge on any atom is 0.248 e. The molecule has 0 aliphatic carbocycles. The first-order valence-corrected chi connectivity index (χ1v) is 14.5. The second-order valence-corrected chi connectivity index (χ2v) is 12.0. The van der Waals surface area contributed by atoms with Crippen LogP contribution >= 0.6 is 0 Å². The van der Waals surface area contributed by atoms with Crippen molar-refractivity contribution in [2.45, 2.75) is 37.7 Å². The summed E-state index contributed by atoms with van der Waals surface area (Å²) in [7, 11) is -2.09. The van der Waals surface area contributed by atoms with E-state index in [0.29, 0.717) is 43.2 Å². The van der Waals surface area contributed by atoms with Gasteiger partial charge in [0.05, 0.1) is 6.54 Å². The number of nitrogens with zero attached hydrogens (tertiary/aromatic N) is 3. The molecule has 1 saturated heterocycles. The fraction of sp³-hybridized carbons (Fsp3) is 0.379. The average Bonchev–Trinajstić information content (AvgIpc) is 3.33. The molecule has 206 valence electrons. The topological polar surface area (TPSA) is 102 Å². The van der Waals surface area contributed by atoms with E-state index in [1.54, 1.807) is 31.0 Å². The van der Waals surface area contributed by atoms with Gasteiger partial charge in [-0.2, -0.15) is 4.31 Å². The lowest BCUT2D eigenvalue weighted by Crippen LogP contribution is -2.47. The number of hydrogen-bond donors (Lipinski definition) is 0. The second kappa shape index (κ2) is 11.2. The number of benzene rings is 2. The van der Waals surface area contributed by atoms with Gasteiger partial charge >= 0.3 is 0 Å². The first kappa shape index (κ1) is 27.0. The molecule has 1 fully saturated rings. The Balaban J connectivity index is 1.20. The summed E-state index contributed by atoms with van der Waals surface area (Å²) in [5, 5.41) is 3.93. The van der Waals surface area contributed by atoms with Crippen LogP contribution in [-0.4, -0.2) is 68.1 Å².